The van der Waals surface area contributed by atoms with Gasteiger partial charge in [-0.15, -0.1) is 0 Å². The third-order valence-electron chi connectivity index (χ3n) is 2.75. The van der Waals surface area contributed by atoms with Gasteiger partial charge in [0.1, 0.15) is 5.82 Å². The first-order valence-corrected chi connectivity index (χ1v) is 6.38. The van der Waals surface area contributed by atoms with Crippen LogP contribution in [0.5, 0.6) is 0 Å². The summed E-state index contributed by atoms with van der Waals surface area (Å²) in [5.74, 6) is 0.932. The molecule has 2 heterocycles. The maximum atomic E-state index is 12.2. The largest absolute Gasteiger partial charge is 0.373 e. The third-order valence-corrected chi connectivity index (χ3v) is 2.75. The summed E-state index contributed by atoms with van der Waals surface area (Å²) >= 11 is 0. The lowest BCUT2D eigenvalue weighted by Crippen LogP contribution is -2.15. The van der Waals surface area contributed by atoms with Crippen molar-refractivity contribution >= 4 is 17.7 Å². The van der Waals surface area contributed by atoms with Crippen LogP contribution in [0, 0.1) is 0 Å². The molecular formula is C14H17N5O. The van der Waals surface area contributed by atoms with Crippen molar-refractivity contribution in [1.82, 2.24) is 15.0 Å². The van der Waals surface area contributed by atoms with E-state index < -0.39 is 0 Å². The first-order chi connectivity index (χ1) is 9.60. The standard InChI is InChI=1S/C14H17N5O/c1-9(2)11-7-10(8-12(15-3)18-11)13(20)19-14-16-5-4-6-17-14/h4-9H,1-3H3,(H,15,18)(H,16,17,19,20). The summed E-state index contributed by atoms with van der Waals surface area (Å²) in [6, 6.07) is 5.17. The number of nitrogens with one attached hydrogen (secondary N) is 2. The second-order valence-electron chi connectivity index (χ2n) is 4.60. The van der Waals surface area contributed by atoms with Gasteiger partial charge in [-0.3, -0.25) is 10.1 Å². The molecule has 1 amide bonds. The number of hydrogen-bond acceptors (Lipinski definition) is 5. The average Bonchev–Trinajstić information content (AvgIpc) is 2.47. The Hall–Kier alpha value is -2.50. The number of amides is 1. The summed E-state index contributed by atoms with van der Waals surface area (Å²) in [7, 11) is 1.77. The molecule has 0 aliphatic rings. The van der Waals surface area contributed by atoms with Gasteiger partial charge >= 0.3 is 0 Å². The molecule has 0 aliphatic heterocycles. The molecule has 0 fully saturated rings. The van der Waals surface area contributed by atoms with E-state index in [9.17, 15) is 4.79 Å². The van der Waals surface area contributed by atoms with E-state index in [2.05, 4.69) is 25.6 Å². The normalized spacial score (nSPS) is 10.4. The molecular weight excluding hydrogens is 254 g/mol. The molecule has 2 aromatic rings. The summed E-state index contributed by atoms with van der Waals surface area (Å²) in [4.78, 5) is 24.6. The molecule has 2 aromatic heterocycles. The lowest BCUT2D eigenvalue weighted by Gasteiger charge is -2.10. The van der Waals surface area contributed by atoms with Crippen LogP contribution in [-0.2, 0) is 0 Å². The SMILES string of the molecule is CNc1cc(C(=O)Nc2ncccn2)cc(C(C)C)n1. The quantitative estimate of drug-likeness (QED) is 0.891. The number of anilines is 2. The number of hydrogen-bond donors (Lipinski definition) is 2. The van der Waals surface area contributed by atoms with E-state index in [0.717, 1.165) is 5.69 Å². The zero-order valence-corrected chi connectivity index (χ0v) is 11.7. The van der Waals surface area contributed by atoms with Crippen molar-refractivity contribution in [3.8, 4) is 0 Å². The Morgan fingerprint density at radius 2 is 1.90 bits per heavy atom. The molecule has 0 spiro atoms. The molecule has 0 atom stereocenters. The van der Waals surface area contributed by atoms with E-state index in [0.29, 0.717) is 11.4 Å². The molecule has 6 nitrogen and oxygen atoms in total. The number of carbonyl (C=O) groups is 1. The van der Waals surface area contributed by atoms with E-state index in [1.165, 1.54) is 0 Å². The van der Waals surface area contributed by atoms with Gasteiger partial charge in [0.2, 0.25) is 5.95 Å². The molecule has 0 aromatic carbocycles. The zero-order valence-electron chi connectivity index (χ0n) is 11.7. The molecule has 20 heavy (non-hydrogen) atoms. The molecule has 0 radical (unpaired) electrons. The summed E-state index contributed by atoms with van der Waals surface area (Å²) in [6.45, 7) is 4.06. The number of rotatable bonds is 4. The van der Waals surface area contributed by atoms with Crippen LogP contribution in [0.15, 0.2) is 30.6 Å². The first-order valence-electron chi connectivity index (χ1n) is 6.38. The van der Waals surface area contributed by atoms with Crippen molar-refractivity contribution in [2.75, 3.05) is 17.7 Å². The highest BCUT2D eigenvalue weighted by molar-refractivity contribution is 6.03. The van der Waals surface area contributed by atoms with Crippen molar-refractivity contribution < 1.29 is 4.79 Å². The Kier molecular flexibility index (Phi) is 4.24. The van der Waals surface area contributed by atoms with E-state index in [4.69, 9.17) is 0 Å². The Morgan fingerprint density at radius 3 is 2.50 bits per heavy atom. The minimum Gasteiger partial charge on any atom is -0.373 e. The predicted molar refractivity (Wildman–Crippen MR) is 77.9 cm³/mol. The molecule has 6 heteroatoms. The molecule has 0 aliphatic carbocycles. The van der Waals surface area contributed by atoms with Crippen molar-refractivity contribution in [2.45, 2.75) is 19.8 Å². The molecule has 0 bridgehead atoms. The minimum atomic E-state index is -0.253. The summed E-state index contributed by atoms with van der Waals surface area (Å²) in [5, 5.41) is 5.62. The molecule has 0 saturated heterocycles. The fraction of sp³-hybridized carbons (Fsp3) is 0.286. The molecule has 2 rings (SSSR count). The second kappa shape index (κ2) is 6.10. The van der Waals surface area contributed by atoms with Crippen LogP contribution in [0.25, 0.3) is 0 Å². The number of nitrogens with zero attached hydrogens (tertiary/aromatic N) is 3. The highest BCUT2D eigenvalue weighted by Gasteiger charge is 2.12. The summed E-state index contributed by atoms with van der Waals surface area (Å²) in [5.41, 5.74) is 1.39. The smallest absolute Gasteiger partial charge is 0.258 e. The van der Waals surface area contributed by atoms with Crippen LogP contribution in [-0.4, -0.2) is 27.9 Å². The molecule has 0 saturated carbocycles. The van der Waals surface area contributed by atoms with Gasteiger partial charge in [0.15, 0.2) is 0 Å². The summed E-state index contributed by atoms with van der Waals surface area (Å²) in [6.07, 6.45) is 3.15. The fourth-order valence-corrected chi connectivity index (χ4v) is 1.64. The monoisotopic (exact) mass is 271 g/mol. The van der Waals surface area contributed by atoms with Crippen LogP contribution in [0.3, 0.4) is 0 Å². The Morgan fingerprint density at radius 1 is 1.20 bits per heavy atom. The maximum Gasteiger partial charge on any atom is 0.258 e. The van der Waals surface area contributed by atoms with E-state index in [1.807, 2.05) is 13.8 Å². The van der Waals surface area contributed by atoms with Gasteiger partial charge in [0.05, 0.1) is 0 Å². The van der Waals surface area contributed by atoms with E-state index in [1.54, 1.807) is 37.6 Å². The first kappa shape index (κ1) is 13.9. The maximum absolute atomic E-state index is 12.2. The van der Waals surface area contributed by atoms with Crippen LogP contribution in [0.2, 0.25) is 0 Å². The predicted octanol–water partition coefficient (Wildman–Crippen LogP) is 2.29. The van der Waals surface area contributed by atoms with Crippen LogP contribution < -0.4 is 10.6 Å². The van der Waals surface area contributed by atoms with Gasteiger partial charge in [-0.2, -0.15) is 0 Å². The highest BCUT2D eigenvalue weighted by atomic mass is 16.1. The van der Waals surface area contributed by atoms with Crippen LogP contribution >= 0.6 is 0 Å². The molecule has 0 unspecified atom stereocenters. The van der Waals surface area contributed by atoms with Gasteiger partial charge in [-0.25, -0.2) is 15.0 Å². The Bertz CT molecular complexity index is 598. The number of aromatic nitrogens is 3. The lowest BCUT2D eigenvalue weighted by molar-refractivity contribution is 0.102. The zero-order chi connectivity index (χ0) is 14.5. The topological polar surface area (TPSA) is 79.8 Å². The third kappa shape index (κ3) is 3.28. The van der Waals surface area contributed by atoms with Crippen LogP contribution in [0.1, 0.15) is 35.8 Å². The minimum absolute atomic E-state index is 0.239. The molecule has 2 N–H and O–H groups in total. The van der Waals surface area contributed by atoms with Crippen molar-refractivity contribution in [2.24, 2.45) is 0 Å². The Balaban J connectivity index is 2.27. The van der Waals surface area contributed by atoms with Gasteiger partial charge in [-0.1, -0.05) is 13.8 Å². The fourth-order valence-electron chi connectivity index (χ4n) is 1.64. The van der Waals surface area contributed by atoms with Crippen molar-refractivity contribution in [3.05, 3.63) is 41.9 Å². The average molecular weight is 271 g/mol. The van der Waals surface area contributed by atoms with E-state index in [-0.39, 0.29) is 17.8 Å². The van der Waals surface area contributed by atoms with E-state index >= 15 is 0 Å². The van der Waals surface area contributed by atoms with Gasteiger partial charge in [-0.05, 0) is 24.1 Å². The van der Waals surface area contributed by atoms with Gasteiger partial charge in [0.25, 0.3) is 5.91 Å². The Labute approximate surface area is 117 Å². The summed E-state index contributed by atoms with van der Waals surface area (Å²) < 4.78 is 0. The second-order valence-corrected chi connectivity index (χ2v) is 4.60. The van der Waals surface area contributed by atoms with Gasteiger partial charge in [0, 0.05) is 30.7 Å². The number of carbonyl (C=O) groups excluding carboxylic acids is 1. The highest BCUT2D eigenvalue weighted by Crippen LogP contribution is 2.18. The lowest BCUT2D eigenvalue weighted by atomic mass is 10.1. The van der Waals surface area contributed by atoms with Crippen molar-refractivity contribution in [1.29, 1.82) is 0 Å². The molecule has 104 valence electrons. The number of pyridine rings is 1. The van der Waals surface area contributed by atoms with Gasteiger partial charge < -0.3 is 5.32 Å². The van der Waals surface area contributed by atoms with Crippen molar-refractivity contribution in [3.63, 3.8) is 0 Å². The van der Waals surface area contributed by atoms with Crippen LogP contribution in [0.4, 0.5) is 11.8 Å².